The summed E-state index contributed by atoms with van der Waals surface area (Å²) in [6.07, 6.45) is 1.44. The Morgan fingerprint density at radius 1 is 0.886 bits per heavy atom. The molecule has 0 saturated heterocycles. The van der Waals surface area contributed by atoms with Gasteiger partial charge in [-0.25, -0.2) is 9.59 Å². The van der Waals surface area contributed by atoms with E-state index in [0.29, 0.717) is 17.0 Å². The van der Waals surface area contributed by atoms with E-state index in [2.05, 4.69) is 17.2 Å². The summed E-state index contributed by atoms with van der Waals surface area (Å²) < 4.78 is 15.7. The smallest absolute Gasteiger partial charge is 0.344 e. The lowest BCUT2D eigenvalue weighted by atomic mass is 10.0. The van der Waals surface area contributed by atoms with E-state index in [9.17, 15) is 24.0 Å². The van der Waals surface area contributed by atoms with Crippen LogP contribution in [0.1, 0.15) is 36.7 Å². The molecule has 11 heteroatoms. The number of carbonyl (C=O) groups excluding carboxylic acids is 5. The Kier molecular flexibility index (Phi) is 11.8. The number of hydrogen-bond acceptors (Lipinski definition) is 8. The Morgan fingerprint density at radius 3 is 2.30 bits per heavy atom. The third-order valence-electron chi connectivity index (χ3n) is 5.69. The Morgan fingerprint density at radius 2 is 1.59 bits per heavy atom. The summed E-state index contributed by atoms with van der Waals surface area (Å²) in [5.74, 6) is -1.97. The molecular formula is C33H35N3O8. The van der Waals surface area contributed by atoms with Crippen LogP contribution in [0.2, 0.25) is 0 Å². The Labute approximate surface area is 255 Å². The average Bonchev–Trinajstić information content (AvgIpc) is 3.00. The van der Waals surface area contributed by atoms with Crippen LogP contribution in [-0.4, -0.2) is 61.6 Å². The van der Waals surface area contributed by atoms with Gasteiger partial charge in [-0.3, -0.25) is 19.3 Å². The van der Waals surface area contributed by atoms with Gasteiger partial charge >= 0.3 is 18.0 Å². The molecule has 0 aliphatic rings. The lowest BCUT2D eigenvalue weighted by molar-refractivity contribution is -0.153. The molecule has 11 nitrogen and oxygen atoms in total. The number of urea groups is 1. The zero-order chi connectivity index (χ0) is 32.1. The van der Waals surface area contributed by atoms with Gasteiger partial charge in [0.15, 0.2) is 12.4 Å². The van der Waals surface area contributed by atoms with Gasteiger partial charge in [-0.2, -0.15) is 0 Å². The lowest BCUT2D eigenvalue weighted by Gasteiger charge is -2.27. The first-order chi connectivity index (χ1) is 21.0. The van der Waals surface area contributed by atoms with Gasteiger partial charge in [-0.1, -0.05) is 61.2 Å². The van der Waals surface area contributed by atoms with Crippen LogP contribution in [0.25, 0.3) is 0 Å². The first-order valence-electron chi connectivity index (χ1n) is 13.7. The van der Waals surface area contributed by atoms with E-state index in [1.807, 2.05) is 0 Å². The summed E-state index contributed by atoms with van der Waals surface area (Å²) in [4.78, 5) is 65.1. The second kappa shape index (κ2) is 15.7. The number of ketones is 1. The molecule has 0 bridgehead atoms. The summed E-state index contributed by atoms with van der Waals surface area (Å²) in [7, 11) is 0. The summed E-state index contributed by atoms with van der Waals surface area (Å²) in [5, 5.41) is 5.06. The highest BCUT2D eigenvalue weighted by atomic mass is 16.6. The number of rotatable bonds is 13. The first kappa shape index (κ1) is 33.1. The Balaban J connectivity index is 1.73. The van der Waals surface area contributed by atoms with Crippen molar-refractivity contribution in [3.05, 3.63) is 103 Å². The largest absolute Gasteiger partial charge is 0.482 e. The minimum absolute atomic E-state index is 0.0623. The molecule has 3 aromatic rings. The van der Waals surface area contributed by atoms with Crippen molar-refractivity contribution in [2.75, 3.05) is 36.5 Å². The molecule has 230 valence electrons. The fraction of sp³-hybridized carbons (Fsp3) is 0.242. The first-order valence-corrected chi connectivity index (χ1v) is 13.7. The van der Waals surface area contributed by atoms with Gasteiger partial charge in [0.1, 0.15) is 24.5 Å². The van der Waals surface area contributed by atoms with Crippen molar-refractivity contribution in [3.8, 4) is 5.75 Å². The van der Waals surface area contributed by atoms with Crippen molar-refractivity contribution < 1.29 is 38.2 Å². The summed E-state index contributed by atoms with van der Waals surface area (Å²) in [5.41, 5.74) is 0.312. The van der Waals surface area contributed by atoms with Crippen molar-refractivity contribution in [3.63, 3.8) is 0 Å². The molecular weight excluding hydrogens is 566 g/mol. The molecule has 0 aliphatic heterocycles. The van der Waals surface area contributed by atoms with Crippen molar-refractivity contribution in [1.82, 2.24) is 5.32 Å². The highest BCUT2D eigenvalue weighted by molar-refractivity contribution is 6.15. The van der Waals surface area contributed by atoms with Gasteiger partial charge in [-0.15, -0.1) is 0 Å². The molecule has 0 heterocycles. The standard InChI is InChI=1S/C33H35N3O8/c1-5-18-42-30(39)22-43-25-15-11-14-24(19-25)35-32(41)34-20-28(37)36(21-29(38)44-33(2,3)4)27-17-10-9-16-26(27)31(40)23-12-7-6-8-13-23/h5-17,19H,1,18,20-22H2,2-4H3,(H2,34,35,41). The van der Waals surface area contributed by atoms with Crippen LogP contribution in [0.15, 0.2) is 91.5 Å². The minimum atomic E-state index is -0.812. The zero-order valence-corrected chi connectivity index (χ0v) is 24.8. The van der Waals surface area contributed by atoms with Crippen LogP contribution in [-0.2, 0) is 23.9 Å². The molecule has 2 N–H and O–H groups in total. The third-order valence-corrected chi connectivity index (χ3v) is 5.69. The second-order valence-electron chi connectivity index (χ2n) is 10.4. The third kappa shape index (κ3) is 10.4. The number of anilines is 2. The van der Waals surface area contributed by atoms with Crippen LogP contribution in [0.5, 0.6) is 5.75 Å². The molecule has 0 saturated carbocycles. The van der Waals surface area contributed by atoms with Crippen LogP contribution in [0.3, 0.4) is 0 Å². The number of hydrogen-bond donors (Lipinski definition) is 2. The topological polar surface area (TPSA) is 140 Å². The summed E-state index contributed by atoms with van der Waals surface area (Å²) >= 11 is 0. The number of nitrogens with one attached hydrogen (secondary N) is 2. The molecule has 0 unspecified atom stereocenters. The van der Waals surface area contributed by atoms with Crippen LogP contribution < -0.4 is 20.3 Å². The average molecular weight is 602 g/mol. The van der Waals surface area contributed by atoms with Crippen molar-refractivity contribution >= 4 is 41.0 Å². The molecule has 3 rings (SSSR count). The molecule has 0 fully saturated rings. The van der Waals surface area contributed by atoms with Gasteiger partial charge < -0.3 is 24.8 Å². The highest BCUT2D eigenvalue weighted by Gasteiger charge is 2.27. The number of ether oxygens (including phenoxy) is 3. The molecule has 0 atom stereocenters. The van der Waals surface area contributed by atoms with Gasteiger partial charge in [0.25, 0.3) is 0 Å². The van der Waals surface area contributed by atoms with E-state index in [-0.39, 0.29) is 30.2 Å². The zero-order valence-electron chi connectivity index (χ0n) is 24.8. The van der Waals surface area contributed by atoms with E-state index in [1.165, 1.54) is 12.1 Å². The van der Waals surface area contributed by atoms with E-state index >= 15 is 0 Å². The predicted octanol–water partition coefficient (Wildman–Crippen LogP) is 4.52. The highest BCUT2D eigenvalue weighted by Crippen LogP contribution is 2.24. The number of nitrogens with zero attached hydrogens (tertiary/aromatic N) is 1. The Hall–Kier alpha value is -5.45. The number of carbonyl (C=O) groups is 5. The van der Waals surface area contributed by atoms with Gasteiger partial charge in [0.05, 0.1) is 12.2 Å². The summed E-state index contributed by atoms with van der Waals surface area (Å²) in [6.45, 7) is 7.29. The van der Waals surface area contributed by atoms with Crippen molar-refractivity contribution in [2.24, 2.45) is 0 Å². The maximum atomic E-state index is 13.5. The molecule has 0 aromatic heterocycles. The van der Waals surface area contributed by atoms with Gasteiger partial charge in [0, 0.05) is 22.9 Å². The van der Waals surface area contributed by atoms with Crippen molar-refractivity contribution in [1.29, 1.82) is 0 Å². The van der Waals surface area contributed by atoms with Gasteiger partial charge in [-0.05, 0) is 45.0 Å². The number of para-hydroxylation sites is 1. The molecule has 0 radical (unpaired) electrons. The Bertz CT molecular complexity index is 1500. The van der Waals surface area contributed by atoms with Gasteiger partial charge in [0.2, 0.25) is 5.91 Å². The predicted molar refractivity (Wildman–Crippen MR) is 165 cm³/mol. The molecule has 3 amide bonds. The molecule has 3 aromatic carbocycles. The second-order valence-corrected chi connectivity index (χ2v) is 10.4. The van der Waals surface area contributed by atoms with E-state index in [1.54, 1.807) is 93.6 Å². The quantitative estimate of drug-likeness (QED) is 0.166. The maximum Gasteiger partial charge on any atom is 0.344 e. The number of amides is 3. The van der Waals surface area contributed by atoms with Crippen molar-refractivity contribution in [2.45, 2.75) is 26.4 Å². The van der Waals surface area contributed by atoms with E-state index < -0.39 is 42.6 Å². The minimum Gasteiger partial charge on any atom is -0.482 e. The van der Waals surface area contributed by atoms with Crippen LogP contribution in [0.4, 0.5) is 16.2 Å². The van der Waals surface area contributed by atoms with E-state index in [0.717, 1.165) is 4.90 Å². The number of esters is 2. The fourth-order valence-electron chi connectivity index (χ4n) is 3.88. The van der Waals surface area contributed by atoms with Crippen LogP contribution in [0, 0.1) is 0 Å². The lowest BCUT2D eigenvalue weighted by Crippen LogP contribution is -2.45. The van der Waals surface area contributed by atoms with Crippen LogP contribution >= 0.6 is 0 Å². The van der Waals surface area contributed by atoms with E-state index in [4.69, 9.17) is 14.2 Å². The number of benzene rings is 3. The monoisotopic (exact) mass is 601 g/mol. The normalized spacial score (nSPS) is 10.6. The SMILES string of the molecule is C=CCOC(=O)COc1cccc(NC(=O)NCC(=O)N(CC(=O)OC(C)(C)C)c2ccccc2C(=O)c2ccccc2)c1. The maximum absolute atomic E-state index is 13.5. The molecule has 44 heavy (non-hydrogen) atoms. The fourth-order valence-corrected chi connectivity index (χ4v) is 3.88. The summed E-state index contributed by atoms with van der Waals surface area (Å²) in [6, 6.07) is 20.5. The molecule has 0 aliphatic carbocycles. The molecule has 0 spiro atoms.